The molecule has 0 aliphatic carbocycles. The summed E-state index contributed by atoms with van der Waals surface area (Å²) in [5, 5.41) is 0. The Hall–Kier alpha value is -1.06. The van der Waals surface area contributed by atoms with Crippen LogP contribution in [0.2, 0.25) is 0 Å². The van der Waals surface area contributed by atoms with Crippen molar-refractivity contribution >= 4 is 0 Å². The third kappa shape index (κ3) is 2.99. The molecule has 1 aliphatic heterocycles. The Labute approximate surface area is 103 Å². The van der Waals surface area contributed by atoms with E-state index in [1.807, 2.05) is 24.3 Å². The lowest BCUT2D eigenvalue weighted by Gasteiger charge is -2.25. The summed E-state index contributed by atoms with van der Waals surface area (Å²) in [5.74, 6) is 0.867. The van der Waals surface area contributed by atoms with Crippen molar-refractivity contribution in [2.24, 2.45) is 5.41 Å². The maximum Gasteiger partial charge on any atom is 0.163 e. The Balaban J connectivity index is 1.89. The summed E-state index contributed by atoms with van der Waals surface area (Å²) in [6.45, 7) is 5.73. The summed E-state index contributed by atoms with van der Waals surface area (Å²) >= 11 is 0. The monoisotopic (exact) mass is 236 g/mol. The maximum absolute atomic E-state index is 5.81. The van der Waals surface area contributed by atoms with Crippen molar-refractivity contribution in [3.05, 3.63) is 29.8 Å². The minimum absolute atomic E-state index is 0.0930. The first kappa shape index (κ1) is 12.4. The van der Waals surface area contributed by atoms with Crippen molar-refractivity contribution < 1.29 is 14.2 Å². The van der Waals surface area contributed by atoms with Gasteiger partial charge in [-0.15, -0.1) is 0 Å². The van der Waals surface area contributed by atoms with Crippen LogP contribution in [0, 0.1) is 5.41 Å². The van der Waals surface area contributed by atoms with Gasteiger partial charge in [-0.25, -0.2) is 0 Å². The lowest BCUT2D eigenvalue weighted by molar-refractivity contribution is -0.159. The van der Waals surface area contributed by atoms with Crippen molar-refractivity contribution in [2.75, 3.05) is 13.7 Å². The van der Waals surface area contributed by atoms with Crippen LogP contribution in [-0.2, 0) is 16.1 Å². The van der Waals surface area contributed by atoms with Gasteiger partial charge >= 0.3 is 0 Å². The molecule has 1 aromatic carbocycles. The highest BCUT2D eigenvalue weighted by molar-refractivity contribution is 5.26. The molecule has 0 amide bonds. The Kier molecular flexibility index (Phi) is 3.69. The first-order valence-electron chi connectivity index (χ1n) is 5.98. The van der Waals surface area contributed by atoms with Gasteiger partial charge in [0.1, 0.15) is 5.75 Å². The summed E-state index contributed by atoms with van der Waals surface area (Å²) in [5.41, 5.74) is 1.25. The molecular weight excluding hydrogens is 216 g/mol. The zero-order valence-electron chi connectivity index (χ0n) is 10.7. The van der Waals surface area contributed by atoms with Gasteiger partial charge in [0, 0.05) is 5.41 Å². The Bertz CT molecular complexity index is 356. The van der Waals surface area contributed by atoms with Crippen molar-refractivity contribution in [3.63, 3.8) is 0 Å². The number of benzene rings is 1. The second kappa shape index (κ2) is 5.07. The van der Waals surface area contributed by atoms with Crippen LogP contribution in [0.25, 0.3) is 0 Å². The van der Waals surface area contributed by atoms with E-state index < -0.39 is 0 Å². The fourth-order valence-corrected chi connectivity index (χ4v) is 1.94. The number of ether oxygens (including phenoxy) is 3. The molecule has 0 saturated carbocycles. The minimum atomic E-state index is -0.0930. The van der Waals surface area contributed by atoms with Crippen molar-refractivity contribution in [1.82, 2.24) is 0 Å². The van der Waals surface area contributed by atoms with Gasteiger partial charge in [-0.3, -0.25) is 0 Å². The predicted molar refractivity (Wildman–Crippen MR) is 65.9 cm³/mol. The van der Waals surface area contributed by atoms with Crippen LogP contribution in [0.3, 0.4) is 0 Å². The smallest absolute Gasteiger partial charge is 0.163 e. The molecule has 1 saturated heterocycles. The van der Waals surface area contributed by atoms with E-state index in [1.54, 1.807) is 7.11 Å². The molecule has 0 radical (unpaired) electrons. The van der Waals surface area contributed by atoms with Crippen molar-refractivity contribution in [3.8, 4) is 5.75 Å². The zero-order chi connectivity index (χ0) is 12.3. The van der Waals surface area contributed by atoms with Crippen LogP contribution in [0.4, 0.5) is 0 Å². The van der Waals surface area contributed by atoms with E-state index in [-0.39, 0.29) is 11.7 Å². The molecule has 0 unspecified atom stereocenters. The van der Waals surface area contributed by atoms with Crippen LogP contribution in [0.15, 0.2) is 24.3 Å². The molecule has 94 valence electrons. The molecule has 0 N–H and O–H groups in total. The lowest BCUT2D eigenvalue weighted by Crippen LogP contribution is -2.27. The number of hydrogen-bond acceptors (Lipinski definition) is 3. The number of hydrogen-bond donors (Lipinski definition) is 0. The van der Waals surface area contributed by atoms with Gasteiger partial charge in [-0.2, -0.15) is 0 Å². The summed E-state index contributed by atoms with van der Waals surface area (Å²) in [4.78, 5) is 0. The highest BCUT2D eigenvalue weighted by Crippen LogP contribution is 2.34. The van der Waals surface area contributed by atoms with E-state index in [9.17, 15) is 0 Å². The van der Waals surface area contributed by atoms with E-state index in [0.29, 0.717) is 6.61 Å². The average molecular weight is 236 g/mol. The van der Waals surface area contributed by atoms with E-state index >= 15 is 0 Å². The highest BCUT2D eigenvalue weighted by atomic mass is 16.7. The fourth-order valence-electron chi connectivity index (χ4n) is 1.94. The van der Waals surface area contributed by atoms with Crippen LogP contribution in [0.5, 0.6) is 5.75 Å². The molecule has 0 aromatic heterocycles. The molecule has 1 aliphatic rings. The summed E-state index contributed by atoms with van der Waals surface area (Å²) < 4.78 is 16.5. The number of rotatable bonds is 4. The van der Waals surface area contributed by atoms with Crippen LogP contribution >= 0.6 is 0 Å². The molecule has 1 fully saturated rings. The third-order valence-corrected chi connectivity index (χ3v) is 3.21. The van der Waals surface area contributed by atoms with Gasteiger partial charge in [-0.1, -0.05) is 26.0 Å². The SMILES string of the molecule is COc1ccc(CO[C@@H]2OCCC2(C)C)cc1. The van der Waals surface area contributed by atoms with Gasteiger partial charge in [0.05, 0.1) is 20.3 Å². The molecule has 2 rings (SSSR count). The third-order valence-electron chi connectivity index (χ3n) is 3.21. The van der Waals surface area contributed by atoms with E-state index in [2.05, 4.69) is 13.8 Å². The second-order valence-corrected chi connectivity index (χ2v) is 5.10. The maximum atomic E-state index is 5.81. The van der Waals surface area contributed by atoms with Gasteiger partial charge in [-0.05, 0) is 24.1 Å². The Morgan fingerprint density at radius 2 is 2.00 bits per heavy atom. The molecule has 3 heteroatoms. The van der Waals surface area contributed by atoms with E-state index in [0.717, 1.165) is 24.3 Å². The average Bonchev–Trinajstić information content (AvgIpc) is 2.66. The Morgan fingerprint density at radius 3 is 2.53 bits per heavy atom. The first-order chi connectivity index (χ1) is 8.12. The number of methoxy groups -OCH3 is 1. The molecule has 1 heterocycles. The largest absolute Gasteiger partial charge is 0.497 e. The van der Waals surface area contributed by atoms with E-state index in [4.69, 9.17) is 14.2 Å². The molecule has 3 nitrogen and oxygen atoms in total. The predicted octanol–water partition coefficient (Wildman–Crippen LogP) is 2.98. The standard InChI is InChI=1S/C14H20O3/c1-14(2)8-9-16-13(14)17-10-11-4-6-12(15-3)7-5-11/h4-7,13H,8-10H2,1-3H3/t13-/m0/s1. The quantitative estimate of drug-likeness (QED) is 0.804. The highest BCUT2D eigenvalue weighted by Gasteiger charge is 2.36. The summed E-state index contributed by atoms with van der Waals surface area (Å²) in [7, 11) is 1.67. The topological polar surface area (TPSA) is 27.7 Å². The van der Waals surface area contributed by atoms with Gasteiger partial charge in [0.2, 0.25) is 0 Å². The second-order valence-electron chi connectivity index (χ2n) is 5.10. The zero-order valence-corrected chi connectivity index (χ0v) is 10.7. The Morgan fingerprint density at radius 1 is 1.29 bits per heavy atom. The van der Waals surface area contributed by atoms with Gasteiger partial charge < -0.3 is 14.2 Å². The molecule has 1 atom stereocenters. The molecule has 0 spiro atoms. The van der Waals surface area contributed by atoms with Crippen molar-refractivity contribution in [1.29, 1.82) is 0 Å². The summed E-state index contributed by atoms with van der Waals surface area (Å²) in [6.07, 6.45) is 0.963. The van der Waals surface area contributed by atoms with E-state index in [1.165, 1.54) is 0 Å². The van der Waals surface area contributed by atoms with Crippen molar-refractivity contribution in [2.45, 2.75) is 33.2 Å². The molecule has 0 bridgehead atoms. The molecular formula is C14H20O3. The molecule has 17 heavy (non-hydrogen) atoms. The van der Waals surface area contributed by atoms with Crippen LogP contribution in [-0.4, -0.2) is 20.0 Å². The first-order valence-corrected chi connectivity index (χ1v) is 5.98. The fraction of sp³-hybridized carbons (Fsp3) is 0.571. The minimum Gasteiger partial charge on any atom is -0.497 e. The lowest BCUT2D eigenvalue weighted by atomic mass is 9.91. The van der Waals surface area contributed by atoms with Crippen LogP contribution in [0.1, 0.15) is 25.8 Å². The van der Waals surface area contributed by atoms with Gasteiger partial charge in [0.25, 0.3) is 0 Å². The van der Waals surface area contributed by atoms with Gasteiger partial charge in [0.15, 0.2) is 6.29 Å². The normalized spacial score (nSPS) is 22.6. The summed E-state index contributed by atoms with van der Waals surface area (Å²) in [6, 6.07) is 7.92. The van der Waals surface area contributed by atoms with Crippen LogP contribution < -0.4 is 4.74 Å². The molecule has 1 aromatic rings.